The van der Waals surface area contributed by atoms with E-state index in [9.17, 15) is 14.7 Å². The lowest BCUT2D eigenvalue weighted by molar-refractivity contribution is -0.269. The van der Waals surface area contributed by atoms with Crippen molar-refractivity contribution in [2.75, 3.05) is 39.4 Å². The van der Waals surface area contributed by atoms with Crippen LogP contribution in [0.3, 0.4) is 0 Å². The van der Waals surface area contributed by atoms with Gasteiger partial charge in [0.1, 0.15) is 22.7 Å². The molecule has 0 bridgehead atoms. The quantitative estimate of drug-likeness (QED) is 0.0668. The molecular formula is C45H59N5O8Si. The summed E-state index contributed by atoms with van der Waals surface area (Å²) >= 11 is 0. The van der Waals surface area contributed by atoms with Gasteiger partial charge in [-0.05, 0) is 57.6 Å². The maximum absolute atomic E-state index is 13.4. The number of aliphatic hydroxyl groups excluding tert-OH is 1. The zero-order chi connectivity index (χ0) is 42.7. The molecule has 3 atom stereocenters. The second kappa shape index (κ2) is 17.8. The van der Waals surface area contributed by atoms with Gasteiger partial charge in [0.15, 0.2) is 17.4 Å². The number of H-pyrrole nitrogens is 1. The molecule has 0 radical (unpaired) electrons. The molecule has 1 fully saturated rings. The number of rotatable bonds is 16. The molecule has 3 N–H and O–H groups in total. The zero-order valence-electron chi connectivity index (χ0n) is 35.8. The summed E-state index contributed by atoms with van der Waals surface area (Å²) in [4.78, 5) is 37.6. The van der Waals surface area contributed by atoms with Crippen molar-refractivity contribution in [3.63, 3.8) is 0 Å². The van der Waals surface area contributed by atoms with Crippen molar-refractivity contribution in [2.45, 2.75) is 95.2 Å². The first-order valence-corrected chi connectivity index (χ1v) is 22.6. The topological polar surface area (TPSA) is 159 Å². The Morgan fingerprint density at radius 2 is 1.44 bits per heavy atom. The van der Waals surface area contributed by atoms with Gasteiger partial charge in [0.25, 0.3) is 5.56 Å². The first-order chi connectivity index (χ1) is 28.1. The number of hydrogen-bond donors (Lipinski definition) is 3. The minimum Gasteiger partial charge on any atom is -0.497 e. The molecule has 1 aliphatic heterocycles. The van der Waals surface area contributed by atoms with E-state index in [1.807, 2.05) is 78.9 Å². The lowest BCUT2D eigenvalue weighted by Gasteiger charge is -2.55. The number of amides is 1. The summed E-state index contributed by atoms with van der Waals surface area (Å²) in [5.74, 6) is 0.731. The highest BCUT2D eigenvalue weighted by Gasteiger charge is 2.60. The predicted octanol–water partition coefficient (Wildman–Crippen LogP) is 7.60. The molecule has 1 saturated heterocycles. The van der Waals surface area contributed by atoms with E-state index >= 15 is 0 Å². The first kappa shape index (κ1) is 43.7. The molecule has 59 heavy (non-hydrogen) atoms. The van der Waals surface area contributed by atoms with Crippen molar-refractivity contribution in [3.05, 3.63) is 112 Å². The summed E-state index contributed by atoms with van der Waals surface area (Å²) in [5, 5.41) is 16.1. The molecule has 3 aromatic carbocycles. The Morgan fingerprint density at radius 3 is 1.95 bits per heavy atom. The second-order valence-electron chi connectivity index (χ2n) is 16.7. The lowest BCUT2D eigenvalue weighted by atomic mass is 9.79. The molecule has 2 aromatic heterocycles. The Labute approximate surface area is 347 Å². The Balaban J connectivity index is 1.55. The molecule has 6 rings (SSSR count). The van der Waals surface area contributed by atoms with Crippen LogP contribution >= 0.6 is 0 Å². The van der Waals surface area contributed by atoms with Crippen LogP contribution in [0.5, 0.6) is 11.5 Å². The Bertz CT molecular complexity index is 2170. The van der Waals surface area contributed by atoms with Gasteiger partial charge in [-0.1, -0.05) is 110 Å². The zero-order valence-corrected chi connectivity index (χ0v) is 36.8. The van der Waals surface area contributed by atoms with E-state index in [2.05, 4.69) is 61.8 Å². The number of hydrogen-bond acceptors (Lipinski definition) is 10. The van der Waals surface area contributed by atoms with Crippen molar-refractivity contribution < 1.29 is 33.6 Å². The molecule has 1 aliphatic rings. The summed E-state index contributed by atoms with van der Waals surface area (Å²) in [7, 11) is 0.494. The van der Waals surface area contributed by atoms with Crippen LogP contribution in [0, 0.1) is 5.92 Å². The van der Waals surface area contributed by atoms with Gasteiger partial charge in [-0.15, -0.1) is 0 Å². The fraction of sp³-hybridized carbons (Fsp3) is 0.467. The van der Waals surface area contributed by atoms with Gasteiger partial charge < -0.3 is 28.8 Å². The summed E-state index contributed by atoms with van der Waals surface area (Å²) in [6, 6.07) is 25.6. The third kappa shape index (κ3) is 8.08. The lowest BCUT2D eigenvalue weighted by Crippen LogP contribution is -2.70. The van der Waals surface area contributed by atoms with Crippen LogP contribution in [0.15, 0.2) is 90.0 Å². The minimum absolute atomic E-state index is 0.00761. The van der Waals surface area contributed by atoms with Crippen molar-refractivity contribution in [1.29, 1.82) is 0 Å². The van der Waals surface area contributed by atoms with Gasteiger partial charge >= 0.3 is 0 Å². The van der Waals surface area contributed by atoms with Gasteiger partial charge in [-0.3, -0.25) is 24.5 Å². The van der Waals surface area contributed by atoms with Crippen molar-refractivity contribution in [1.82, 2.24) is 19.5 Å². The highest BCUT2D eigenvalue weighted by molar-refractivity contribution is 6.84. The predicted molar refractivity (Wildman–Crippen MR) is 231 cm³/mol. The molecule has 0 aliphatic carbocycles. The molecular weight excluding hydrogens is 767 g/mol. The number of aromatic nitrogens is 4. The molecule has 1 unspecified atom stereocenters. The maximum atomic E-state index is 13.4. The third-order valence-electron chi connectivity index (χ3n) is 12.2. The van der Waals surface area contributed by atoms with Crippen LogP contribution in [-0.2, 0) is 24.6 Å². The van der Waals surface area contributed by atoms with Crippen LogP contribution < -0.4 is 20.3 Å². The highest BCUT2D eigenvalue weighted by atomic mass is 28.3. The monoisotopic (exact) mass is 825 g/mol. The first-order valence-electron chi connectivity index (χ1n) is 20.3. The molecule has 316 valence electrons. The van der Waals surface area contributed by atoms with E-state index in [1.54, 1.807) is 32.6 Å². The number of fused-ring (bicyclic) bond motifs is 1. The number of benzene rings is 3. The Kier molecular flexibility index (Phi) is 13.2. The Hall–Kier alpha value is -4.86. The molecule has 1 amide bonds. The number of ether oxygens (including phenoxy) is 5. The number of methoxy groups -OCH3 is 2. The van der Waals surface area contributed by atoms with Crippen LogP contribution in [0.1, 0.15) is 78.3 Å². The number of nitrogens with one attached hydrogen (secondary N) is 2. The highest BCUT2D eigenvalue weighted by Crippen LogP contribution is 2.50. The van der Waals surface area contributed by atoms with Gasteiger partial charge in [-0.2, -0.15) is 4.98 Å². The summed E-state index contributed by atoms with van der Waals surface area (Å²) in [6.07, 6.45) is 0.598. The molecule has 3 heterocycles. The van der Waals surface area contributed by atoms with E-state index in [1.165, 1.54) is 6.33 Å². The van der Waals surface area contributed by atoms with E-state index in [0.29, 0.717) is 11.5 Å². The SMILES string of the molecule is COc1ccc(C(OC[C@]2(C(O)[Si](C(C)C)(C(C)C)C(C)C)COC[C@H](n3cnc4c(=O)[nH]c(NC(=O)C(C)C)nc43)O2)(c2ccccc2)c2ccc(OC)cc2)cc1. The van der Waals surface area contributed by atoms with Crippen LogP contribution in [0.4, 0.5) is 5.95 Å². The standard InChI is InChI=1S/C45H59N5O8Si/c1-28(2)40(51)48-43-47-39-38(41(52)49-43)46-27-50(39)37-24-56-25-44(58-37,42(53)59(29(3)4,30(5)6)31(7)8)26-57-45(32-14-12-11-13-15-32,33-16-20-35(54-9)21-17-33)34-18-22-36(55-10)23-19-34/h11-23,27-31,37,42,53H,24-26H2,1-10H3,(H2,47,48,49,51,52)/t37-,42?,44+/m1/s1. The Morgan fingerprint density at radius 1 is 0.898 bits per heavy atom. The number of carbonyl (C=O) groups excluding carboxylic acids is 1. The summed E-state index contributed by atoms with van der Waals surface area (Å²) in [6.45, 7) is 16.7. The molecule has 0 spiro atoms. The number of nitrogens with zero attached hydrogens (tertiary/aromatic N) is 3. The number of anilines is 1. The van der Waals surface area contributed by atoms with Crippen LogP contribution in [0.2, 0.25) is 16.6 Å². The van der Waals surface area contributed by atoms with E-state index in [-0.39, 0.29) is 65.4 Å². The van der Waals surface area contributed by atoms with Crippen LogP contribution in [0.25, 0.3) is 11.2 Å². The van der Waals surface area contributed by atoms with Crippen molar-refractivity contribution in [2.24, 2.45) is 5.92 Å². The molecule has 14 heteroatoms. The van der Waals surface area contributed by atoms with Crippen molar-refractivity contribution >= 4 is 31.1 Å². The summed E-state index contributed by atoms with van der Waals surface area (Å²) in [5.41, 5.74) is -0.967. The largest absolute Gasteiger partial charge is 0.497 e. The number of aliphatic hydroxyl groups is 1. The van der Waals surface area contributed by atoms with Gasteiger partial charge in [0, 0.05) is 5.92 Å². The summed E-state index contributed by atoms with van der Waals surface area (Å²) < 4.78 is 34.1. The van der Waals surface area contributed by atoms with E-state index in [4.69, 9.17) is 23.7 Å². The van der Waals surface area contributed by atoms with Gasteiger partial charge in [0.2, 0.25) is 11.9 Å². The molecule has 13 nitrogen and oxygen atoms in total. The molecule has 5 aromatic rings. The second-order valence-corrected chi connectivity index (χ2v) is 22.7. The van der Waals surface area contributed by atoms with Crippen molar-refractivity contribution in [3.8, 4) is 11.5 Å². The van der Waals surface area contributed by atoms with E-state index in [0.717, 1.165) is 16.7 Å². The number of aromatic amines is 1. The maximum Gasteiger partial charge on any atom is 0.280 e. The fourth-order valence-electron chi connectivity index (χ4n) is 9.27. The smallest absolute Gasteiger partial charge is 0.280 e. The average Bonchev–Trinajstić information content (AvgIpc) is 3.66. The number of carbonyl (C=O) groups is 1. The van der Waals surface area contributed by atoms with Gasteiger partial charge in [0.05, 0.1) is 54.2 Å². The van der Waals surface area contributed by atoms with Crippen LogP contribution in [-0.4, -0.2) is 84.0 Å². The minimum atomic E-state index is -2.77. The fourth-order valence-corrected chi connectivity index (χ4v) is 16.3. The average molecular weight is 826 g/mol. The third-order valence-corrected chi connectivity index (χ3v) is 19.6. The number of imidazole rings is 1. The normalized spacial score (nSPS) is 18.2. The van der Waals surface area contributed by atoms with Gasteiger partial charge in [-0.25, -0.2) is 4.98 Å². The molecule has 0 saturated carbocycles. The van der Waals surface area contributed by atoms with E-state index < -0.39 is 36.8 Å².